The van der Waals surface area contributed by atoms with Crippen molar-refractivity contribution in [3.05, 3.63) is 90.3 Å². The highest BCUT2D eigenvalue weighted by atomic mass is 79.9. The molecule has 0 spiro atoms. The van der Waals surface area contributed by atoms with Crippen LogP contribution in [-0.2, 0) is 14.4 Å². The molecule has 12 heteroatoms. The summed E-state index contributed by atoms with van der Waals surface area (Å²) < 4.78 is 6.83. The van der Waals surface area contributed by atoms with Crippen molar-refractivity contribution in [2.45, 2.75) is 6.92 Å². The molecule has 3 aromatic carbocycles. The van der Waals surface area contributed by atoms with Crippen LogP contribution in [0.15, 0.2) is 69.1 Å². The first-order chi connectivity index (χ1) is 18.0. The molecule has 8 nitrogen and oxygen atoms in total. The highest BCUT2D eigenvalue weighted by Gasteiger charge is 2.37. The minimum Gasteiger partial charge on any atom is -0.482 e. The predicted octanol–water partition coefficient (Wildman–Crippen LogP) is 6.51. The lowest BCUT2D eigenvalue weighted by atomic mass is 10.1. The fraction of sp³-hybridized carbons (Fsp3) is 0.0769. The van der Waals surface area contributed by atoms with Gasteiger partial charge in [-0.2, -0.15) is 0 Å². The Morgan fingerprint density at radius 3 is 2.45 bits per heavy atom. The molecular weight excluding hydrogens is 665 g/mol. The number of nitrogens with zero attached hydrogens (tertiary/aromatic N) is 1. The zero-order valence-corrected chi connectivity index (χ0v) is 24.2. The van der Waals surface area contributed by atoms with Crippen LogP contribution in [0.25, 0.3) is 6.08 Å². The normalized spacial score (nSPS) is 14.5. The Kier molecular flexibility index (Phi) is 8.57. The summed E-state index contributed by atoms with van der Waals surface area (Å²) in [5.41, 5.74) is 1.48. The van der Waals surface area contributed by atoms with Crippen molar-refractivity contribution in [2.75, 3.05) is 16.8 Å². The molecule has 0 aromatic heterocycles. The van der Waals surface area contributed by atoms with Crippen LogP contribution in [0, 0.1) is 6.92 Å². The lowest BCUT2D eigenvalue weighted by molar-refractivity contribution is -0.122. The smallest absolute Gasteiger partial charge is 0.335 e. The summed E-state index contributed by atoms with van der Waals surface area (Å²) in [6.45, 7) is 1.41. The number of anilines is 2. The maximum absolute atomic E-state index is 13.3. The van der Waals surface area contributed by atoms with Crippen LogP contribution < -0.4 is 20.3 Å². The Hall–Kier alpha value is -3.18. The summed E-state index contributed by atoms with van der Waals surface area (Å²) in [5.74, 6) is -1.96. The summed E-state index contributed by atoms with van der Waals surface area (Å²) >= 11 is 18.8. The molecule has 3 aromatic rings. The van der Waals surface area contributed by atoms with Gasteiger partial charge < -0.3 is 10.1 Å². The molecule has 1 aliphatic rings. The van der Waals surface area contributed by atoms with Crippen LogP contribution in [0.1, 0.15) is 11.1 Å². The van der Waals surface area contributed by atoms with Gasteiger partial charge in [-0.05, 0) is 83.0 Å². The van der Waals surface area contributed by atoms with Gasteiger partial charge in [-0.15, -0.1) is 0 Å². The van der Waals surface area contributed by atoms with Gasteiger partial charge in [0.15, 0.2) is 6.61 Å². The molecule has 0 atom stereocenters. The molecule has 1 aliphatic heterocycles. The largest absolute Gasteiger partial charge is 0.482 e. The predicted molar refractivity (Wildman–Crippen MR) is 153 cm³/mol. The number of amides is 5. The lowest BCUT2D eigenvalue weighted by Gasteiger charge is -2.26. The lowest BCUT2D eigenvalue weighted by Crippen LogP contribution is -2.54. The standard InChI is InChI=1S/C26H17Br2Cl2N3O5/c1-13-2-7-18(11-21(13)30)33-25(36)19(24(35)32-26(33)37)9-14-8-15(27)10-20(28)23(14)38-12-22(34)31-17-5-3-16(29)4-6-17/h2-11H,12H2,1H3,(H,31,34)(H,32,35,37)/b19-9+. The van der Waals surface area contributed by atoms with Crippen LogP contribution in [0.5, 0.6) is 5.75 Å². The molecule has 194 valence electrons. The van der Waals surface area contributed by atoms with Gasteiger partial charge >= 0.3 is 6.03 Å². The Morgan fingerprint density at radius 2 is 1.76 bits per heavy atom. The zero-order valence-electron chi connectivity index (χ0n) is 19.5. The number of urea groups is 1. The molecule has 38 heavy (non-hydrogen) atoms. The number of rotatable bonds is 6. The van der Waals surface area contributed by atoms with Crippen molar-refractivity contribution in [1.29, 1.82) is 0 Å². The monoisotopic (exact) mass is 679 g/mol. The molecule has 0 radical (unpaired) electrons. The van der Waals surface area contributed by atoms with E-state index in [1.165, 1.54) is 12.1 Å². The van der Waals surface area contributed by atoms with E-state index in [9.17, 15) is 19.2 Å². The van der Waals surface area contributed by atoms with Crippen molar-refractivity contribution in [1.82, 2.24) is 5.32 Å². The van der Waals surface area contributed by atoms with E-state index in [0.717, 1.165) is 10.5 Å². The van der Waals surface area contributed by atoms with Crippen molar-refractivity contribution in [3.63, 3.8) is 0 Å². The molecule has 2 N–H and O–H groups in total. The number of benzene rings is 3. The van der Waals surface area contributed by atoms with E-state index in [4.69, 9.17) is 27.9 Å². The molecular formula is C26H17Br2Cl2N3O5. The summed E-state index contributed by atoms with van der Waals surface area (Å²) in [5, 5.41) is 5.74. The number of ether oxygens (including phenoxy) is 1. The maximum atomic E-state index is 13.3. The molecule has 1 fully saturated rings. The molecule has 4 rings (SSSR count). The van der Waals surface area contributed by atoms with E-state index in [1.54, 1.807) is 55.5 Å². The van der Waals surface area contributed by atoms with E-state index in [2.05, 4.69) is 42.5 Å². The van der Waals surface area contributed by atoms with Gasteiger partial charge in [-0.25, -0.2) is 9.69 Å². The van der Waals surface area contributed by atoms with E-state index in [0.29, 0.717) is 30.2 Å². The second-order valence-electron chi connectivity index (χ2n) is 8.04. The number of halogens is 4. The third-order valence-electron chi connectivity index (χ3n) is 5.33. The highest BCUT2D eigenvalue weighted by molar-refractivity contribution is 9.11. The highest BCUT2D eigenvalue weighted by Crippen LogP contribution is 2.35. The third kappa shape index (κ3) is 6.27. The van der Waals surface area contributed by atoms with E-state index in [1.807, 2.05) is 0 Å². The summed E-state index contributed by atoms with van der Waals surface area (Å²) in [7, 11) is 0. The fourth-order valence-electron chi connectivity index (χ4n) is 3.48. The second-order valence-corrected chi connectivity index (χ2v) is 10.7. The van der Waals surface area contributed by atoms with Gasteiger partial charge in [0, 0.05) is 25.8 Å². The average molecular weight is 682 g/mol. The fourth-order valence-corrected chi connectivity index (χ4v) is 5.15. The van der Waals surface area contributed by atoms with Crippen molar-refractivity contribution in [3.8, 4) is 5.75 Å². The quantitative estimate of drug-likeness (QED) is 0.228. The van der Waals surface area contributed by atoms with Gasteiger partial charge in [0.1, 0.15) is 11.3 Å². The Bertz CT molecular complexity index is 1510. The van der Waals surface area contributed by atoms with Crippen LogP contribution in [-0.4, -0.2) is 30.4 Å². The van der Waals surface area contributed by atoms with Crippen LogP contribution in [0.4, 0.5) is 16.2 Å². The number of hydrogen-bond donors (Lipinski definition) is 2. The minimum absolute atomic E-state index is 0.201. The summed E-state index contributed by atoms with van der Waals surface area (Å²) in [6, 6.07) is 13.6. The number of barbiturate groups is 1. The van der Waals surface area contributed by atoms with Crippen molar-refractivity contribution in [2.24, 2.45) is 0 Å². The van der Waals surface area contributed by atoms with E-state index < -0.39 is 23.8 Å². The number of carbonyl (C=O) groups excluding carboxylic acids is 4. The Labute approximate surface area is 244 Å². The third-order valence-corrected chi connectivity index (χ3v) is 7.03. The van der Waals surface area contributed by atoms with Gasteiger partial charge in [0.2, 0.25) is 0 Å². The van der Waals surface area contributed by atoms with Gasteiger partial charge in [-0.1, -0.05) is 45.2 Å². The van der Waals surface area contributed by atoms with E-state index >= 15 is 0 Å². The molecule has 1 heterocycles. The number of imide groups is 2. The van der Waals surface area contributed by atoms with Gasteiger partial charge in [-0.3, -0.25) is 19.7 Å². The molecule has 0 saturated carbocycles. The van der Waals surface area contributed by atoms with E-state index in [-0.39, 0.29) is 23.6 Å². The van der Waals surface area contributed by atoms with Crippen LogP contribution >= 0.6 is 55.1 Å². The number of nitrogens with one attached hydrogen (secondary N) is 2. The van der Waals surface area contributed by atoms with Crippen molar-refractivity contribution < 1.29 is 23.9 Å². The Balaban J connectivity index is 1.63. The Morgan fingerprint density at radius 1 is 1.05 bits per heavy atom. The first kappa shape index (κ1) is 27.8. The minimum atomic E-state index is -0.900. The number of hydrogen-bond acceptors (Lipinski definition) is 5. The van der Waals surface area contributed by atoms with Gasteiger partial charge in [0.25, 0.3) is 17.7 Å². The number of aryl methyl sites for hydroxylation is 1. The zero-order chi connectivity index (χ0) is 27.6. The topological polar surface area (TPSA) is 105 Å². The van der Waals surface area contributed by atoms with Gasteiger partial charge in [0.05, 0.1) is 10.2 Å². The van der Waals surface area contributed by atoms with Crippen LogP contribution in [0.3, 0.4) is 0 Å². The molecule has 5 amide bonds. The molecule has 0 unspecified atom stereocenters. The molecule has 0 aliphatic carbocycles. The average Bonchev–Trinajstić information content (AvgIpc) is 2.84. The first-order valence-electron chi connectivity index (χ1n) is 10.9. The molecule has 1 saturated heterocycles. The number of carbonyl (C=O) groups is 4. The summed E-state index contributed by atoms with van der Waals surface area (Å²) in [6.07, 6.45) is 1.29. The SMILES string of the molecule is Cc1ccc(N2C(=O)NC(=O)/C(=C\c3cc(Br)cc(Br)c3OCC(=O)Nc3ccc(Cl)cc3)C2=O)cc1Cl. The maximum Gasteiger partial charge on any atom is 0.335 e. The first-order valence-corrected chi connectivity index (χ1v) is 13.2. The van der Waals surface area contributed by atoms with Crippen LogP contribution in [0.2, 0.25) is 10.0 Å². The molecule has 0 bridgehead atoms. The van der Waals surface area contributed by atoms with Crippen molar-refractivity contribution >= 4 is 96.3 Å². The second kappa shape index (κ2) is 11.7. The summed E-state index contributed by atoms with van der Waals surface area (Å²) in [4.78, 5) is 51.8.